The Kier molecular flexibility index (Phi) is 3.59. The molecule has 0 aromatic heterocycles. The molecular weight excluding hydrogens is 233 g/mol. The molecule has 1 atom stereocenters. The van der Waals surface area contributed by atoms with Crippen molar-refractivity contribution in [2.24, 2.45) is 0 Å². The first-order valence-corrected chi connectivity index (χ1v) is 6.23. The Morgan fingerprint density at radius 2 is 2.22 bits per heavy atom. The molecule has 1 heterocycles. The number of ether oxygens (including phenoxy) is 1. The topological polar surface area (TPSA) is 32.7 Å². The van der Waals surface area contributed by atoms with Crippen molar-refractivity contribution >= 4 is 0 Å². The first-order valence-electron chi connectivity index (χ1n) is 6.23. The molecule has 1 aromatic rings. The van der Waals surface area contributed by atoms with Gasteiger partial charge < -0.3 is 9.84 Å². The van der Waals surface area contributed by atoms with E-state index in [2.05, 4.69) is 18.7 Å². The fraction of sp³-hybridized carbons (Fsp3) is 0.571. The molecule has 0 saturated carbocycles. The van der Waals surface area contributed by atoms with Crippen LogP contribution >= 0.6 is 0 Å². The highest BCUT2D eigenvalue weighted by Crippen LogP contribution is 2.23. The van der Waals surface area contributed by atoms with E-state index < -0.39 is 5.82 Å². The minimum atomic E-state index is -0.562. The minimum Gasteiger partial charge on any atom is -0.505 e. The molecule has 0 bridgehead atoms. The third-order valence-corrected chi connectivity index (χ3v) is 3.06. The Balaban J connectivity index is 2.06. The Morgan fingerprint density at radius 1 is 1.50 bits per heavy atom. The lowest BCUT2D eigenvalue weighted by Gasteiger charge is -2.41. The Bertz CT molecular complexity index is 434. The van der Waals surface area contributed by atoms with Crippen molar-refractivity contribution in [2.45, 2.75) is 39.0 Å². The summed E-state index contributed by atoms with van der Waals surface area (Å²) in [5.74, 6) is -0.859. The summed E-state index contributed by atoms with van der Waals surface area (Å²) in [4.78, 5) is 2.25. The summed E-state index contributed by atoms with van der Waals surface area (Å²) < 4.78 is 19.1. The zero-order valence-corrected chi connectivity index (χ0v) is 11.1. The van der Waals surface area contributed by atoms with Crippen LogP contribution in [0.15, 0.2) is 18.2 Å². The molecule has 0 radical (unpaired) electrons. The average Bonchev–Trinajstić information content (AvgIpc) is 2.20. The van der Waals surface area contributed by atoms with Crippen LogP contribution in [0.3, 0.4) is 0 Å². The summed E-state index contributed by atoms with van der Waals surface area (Å²) in [5.41, 5.74) is 0.697. The van der Waals surface area contributed by atoms with Crippen LogP contribution in [-0.2, 0) is 11.3 Å². The monoisotopic (exact) mass is 253 g/mol. The molecule has 1 unspecified atom stereocenters. The molecule has 2 rings (SSSR count). The average molecular weight is 253 g/mol. The number of phenols is 1. The largest absolute Gasteiger partial charge is 0.505 e. The lowest BCUT2D eigenvalue weighted by atomic mass is 10.0. The maximum Gasteiger partial charge on any atom is 0.165 e. The second-order valence-electron chi connectivity index (χ2n) is 5.64. The maximum atomic E-state index is 13.3. The third-order valence-electron chi connectivity index (χ3n) is 3.06. The van der Waals surface area contributed by atoms with Crippen LogP contribution in [0.2, 0.25) is 0 Å². The van der Waals surface area contributed by atoms with E-state index in [0.717, 1.165) is 18.7 Å². The van der Waals surface area contributed by atoms with Gasteiger partial charge in [-0.1, -0.05) is 6.07 Å². The van der Waals surface area contributed by atoms with Crippen molar-refractivity contribution < 1.29 is 14.2 Å². The maximum absolute atomic E-state index is 13.3. The van der Waals surface area contributed by atoms with Gasteiger partial charge >= 0.3 is 0 Å². The van der Waals surface area contributed by atoms with Crippen LogP contribution in [0.25, 0.3) is 0 Å². The summed E-state index contributed by atoms with van der Waals surface area (Å²) >= 11 is 0. The van der Waals surface area contributed by atoms with Crippen LogP contribution < -0.4 is 0 Å². The van der Waals surface area contributed by atoms with Crippen LogP contribution in [0.4, 0.5) is 4.39 Å². The molecule has 3 nitrogen and oxygen atoms in total. The summed E-state index contributed by atoms with van der Waals surface area (Å²) in [7, 11) is 0. The van der Waals surface area contributed by atoms with E-state index in [9.17, 15) is 4.39 Å². The fourth-order valence-corrected chi connectivity index (χ4v) is 2.61. The number of hydrogen-bond acceptors (Lipinski definition) is 3. The predicted molar refractivity (Wildman–Crippen MR) is 68.0 cm³/mol. The smallest absolute Gasteiger partial charge is 0.165 e. The first kappa shape index (κ1) is 13.3. The molecule has 0 amide bonds. The number of nitrogens with zero attached hydrogens (tertiary/aromatic N) is 1. The number of hydrogen-bond donors (Lipinski definition) is 1. The van der Waals surface area contributed by atoms with Crippen molar-refractivity contribution in [1.29, 1.82) is 0 Å². The summed E-state index contributed by atoms with van der Waals surface area (Å²) in [6.07, 6.45) is 0.177. The normalized spacial score (nSPS) is 24.1. The SMILES string of the molecule is CC1CN(Cc2ccc(O)c(F)c2)CC(C)(C)O1. The fourth-order valence-electron chi connectivity index (χ4n) is 2.61. The molecule has 1 fully saturated rings. The van der Waals surface area contributed by atoms with Gasteiger partial charge in [-0.2, -0.15) is 0 Å². The van der Waals surface area contributed by atoms with E-state index in [1.54, 1.807) is 6.07 Å². The Hall–Kier alpha value is -1.13. The number of rotatable bonds is 2. The second kappa shape index (κ2) is 4.86. The third kappa shape index (κ3) is 3.21. The van der Waals surface area contributed by atoms with E-state index in [-0.39, 0.29) is 17.5 Å². The minimum absolute atomic E-state index is 0.173. The quantitative estimate of drug-likeness (QED) is 0.879. The molecule has 4 heteroatoms. The molecule has 1 aliphatic rings. The van der Waals surface area contributed by atoms with E-state index in [1.807, 2.05) is 6.92 Å². The molecular formula is C14H20FNO2. The van der Waals surface area contributed by atoms with Crippen molar-refractivity contribution in [1.82, 2.24) is 4.90 Å². The molecule has 18 heavy (non-hydrogen) atoms. The van der Waals surface area contributed by atoms with Gasteiger partial charge in [-0.3, -0.25) is 4.90 Å². The zero-order chi connectivity index (χ0) is 13.3. The highest BCUT2D eigenvalue weighted by molar-refractivity contribution is 5.28. The van der Waals surface area contributed by atoms with Crippen LogP contribution in [-0.4, -0.2) is 34.8 Å². The Labute approximate surface area is 107 Å². The van der Waals surface area contributed by atoms with Crippen LogP contribution in [0, 0.1) is 5.82 Å². The standard InChI is InChI=1S/C14H20FNO2/c1-10-7-16(9-14(2,3)18-10)8-11-4-5-13(17)12(15)6-11/h4-6,10,17H,7-9H2,1-3H3. The van der Waals surface area contributed by atoms with Gasteiger partial charge in [0.25, 0.3) is 0 Å². The van der Waals surface area contributed by atoms with Gasteiger partial charge in [-0.25, -0.2) is 4.39 Å². The van der Waals surface area contributed by atoms with Gasteiger partial charge in [0.2, 0.25) is 0 Å². The van der Waals surface area contributed by atoms with Crippen LogP contribution in [0.1, 0.15) is 26.3 Å². The van der Waals surface area contributed by atoms with Gasteiger partial charge in [0.05, 0.1) is 11.7 Å². The highest BCUT2D eigenvalue weighted by atomic mass is 19.1. The van der Waals surface area contributed by atoms with Crippen LogP contribution in [0.5, 0.6) is 5.75 Å². The zero-order valence-electron chi connectivity index (χ0n) is 11.1. The molecule has 0 aliphatic carbocycles. The van der Waals surface area contributed by atoms with Crippen molar-refractivity contribution in [3.05, 3.63) is 29.6 Å². The summed E-state index contributed by atoms with van der Waals surface area (Å²) in [6, 6.07) is 4.55. The Morgan fingerprint density at radius 3 is 2.83 bits per heavy atom. The summed E-state index contributed by atoms with van der Waals surface area (Å²) in [6.45, 7) is 8.51. The van der Waals surface area contributed by atoms with Gasteiger partial charge in [0.1, 0.15) is 0 Å². The van der Waals surface area contributed by atoms with Gasteiger partial charge in [-0.15, -0.1) is 0 Å². The van der Waals surface area contributed by atoms with E-state index >= 15 is 0 Å². The first-order chi connectivity index (χ1) is 8.35. The molecule has 1 saturated heterocycles. The molecule has 0 spiro atoms. The predicted octanol–water partition coefficient (Wildman–Crippen LogP) is 2.53. The van der Waals surface area contributed by atoms with E-state index in [4.69, 9.17) is 9.84 Å². The van der Waals surface area contributed by atoms with E-state index in [0.29, 0.717) is 6.54 Å². The van der Waals surface area contributed by atoms with Crippen molar-refractivity contribution in [3.8, 4) is 5.75 Å². The van der Waals surface area contributed by atoms with E-state index in [1.165, 1.54) is 12.1 Å². The van der Waals surface area contributed by atoms with Crippen molar-refractivity contribution in [2.75, 3.05) is 13.1 Å². The number of morpholine rings is 1. The van der Waals surface area contributed by atoms with Gasteiger partial charge in [0, 0.05) is 19.6 Å². The second-order valence-corrected chi connectivity index (χ2v) is 5.64. The molecule has 100 valence electrons. The number of aromatic hydroxyl groups is 1. The number of phenolic OH excluding ortho intramolecular Hbond substituents is 1. The molecule has 1 N–H and O–H groups in total. The van der Waals surface area contributed by atoms with Gasteiger partial charge in [-0.05, 0) is 38.5 Å². The van der Waals surface area contributed by atoms with Gasteiger partial charge in [0.15, 0.2) is 11.6 Å². The summed E-state index contributed by atoms with van der Waals surface area (Å²) in [5, 5.41) is 9.17. The number of benzene rings is 1. The molecule has 1 aliphatic heterocycles. The number of halogens is 1. The lowest BCUT2D eigenvalue weighted by Crippen LogP contribution is -2.51. The lowest BCUT2D eigenvalue weighted by molar-refractivity contribution is -0.130. The molecule has 1 aromatic carbocycles. The van der Waals surface area contributed by atoms with Crippen molar-refractivity contribution in [3.63, 3.8) is 0 Å². The highest BCUT2D eigenvalue weighted by Gasteiger charge is 2.31.